The van der Waals surface area contributed by atoms with Crippen LogP contribution in [0.3, 0.4) is 0 Å². The minimum Gasteiger partial charge on any atom is -0.348 e. The maximum atomic E-state index is 4.22. The van der Waals surface area contributed by atoms with Crippen LogP contribution in [-0.2, 0) is 6.42 Å². The highest BCUT2D eigenvalue weighted by Gasteiger charge is 2.00. The van der Waals surface area contributed by atoms with Crippen LogP contribution in [0.25, 0.3) is 0 Å². The second-order valence-corrected chi connectivity index (χ2v) is 3.33. The van der Waals surface area contributed by atoms with E-state index in [0.29, 0.717) is 6.04 Å². The lowest BCUT2D eigenvalue weighted by Crippen LogP contribution is -2.25. The lowest BCUT2D eigenvalue weighted by Gasteiger charge is -2.06. The van der Waals surface area contributed by atoms with Crippen LogP contribution < -0.4 is 5.32 Å². The third-order valence-corrected chi connectivity index (χ3v) is 1.85. The van der Waals surface area contributed by atoms with Gasteiger partial charge in [-0.05, 0) is 6.92 Å². The molecule has 0 saturated heterocycles. The van der Waals surface area contributed by atoms with E-state index in [-0.39, 0.29) is 0 Å². The molecule has 3 heteroatoms. The van der Waals surface area contributed by atoms with Crippen molar-refractivity contribution in [2.24, 2.45) is 0 Å². The number of nitrogens with one attached hydrogen (secondary N) is 2. The van der Waals surface area contributed by atoms with Crippen LogP contribution in [0.15, 0.2) is 6.33 Å². The van der Waals surface area contributed by atoms with Crippen molar-refractivity contribution in [2.75, 3.05) is 6.54 Å². The molecule has 0 fully saturated rings. The van der Waals surface area contributed by atoms with Crippen molar-refractivity contribution in [1.82, 2.24) is 15.3 Å². The Kier molecular flexibility index (Phi) is 3.29. The number of hydrogen-bond donors (Lipinski definition) is 2. The summed E-state index contributed by atoms with van der Waals surface area (Å²) in [6, 6.07) is 0.559. The van der Waals surface area contributed by atoms with E-state index in [9.17, 15) is 0 Å². The van der Waals surface area contributed by atoms with Crippen LogP contribution in [0.1, 0.15) is 25.2 Å². The first-order valence-corrected chi connectivity index (χ1v) is 4.42. The van der Waals surface area contributed by atoms with Crippen LogP contribution in [0.4, 0.5) is 0 Å². The molecule has 1 rings (SSSR count). The highest BCUT2D eigenvalue weighted by atomic mass is 14.9. The minimum absolute atomic E-state index is 0.559. The maximum Gasteiger partial charge on any atom is 0.0925 e. The van der Waals surface area contributed by atoms with Crippen molar-refractivity contribution in [1.29, 1.82) is 0 Å². The first-order valence-electron chi connectivity index (χ1n) is 4.42. The van der Waals surface area contributed by atoms with Crippen LogP contribution in [-0.4, -0.2) is 22.6 Å². The standard InChI is InChI=1S/C9H17N3/c1-7(2)10-5-4-9-8(3)11-6-12-9/h6-7,10H,4-5H2,1-3H3,(H,11,12). The van der Waals surface area contributed by atoms with Gasteiger partial charge in [-0.2, -0.15) is 0 Å². The Labute approximate surface area is 73.6 Å². The summed E-state index contributed by atoms with van der Waals surface area (Å²) >= 11 is 0. The molecule has 68 valence electrons. The summed E-state index contributed by atoms with van der Waals surface area (Å²) in [6.45, 7) is 7.36. The van der Waals surface area contributed by atoms with E-state index in [2.05, 4.69) is 36.1 Å². The molecule has 2 N–H and O–H groups in total. The maximum absolute atomic E-state index is 4.22. The van der Waals surface area contributed by atoms with Crippen molar-refractivity contribution in [3.05, 3.63) is 17.7 Å². The lowest BCUT2D eigenvalue weighted by molar-refractivity contribution is 0.587. The van der Waals surface area contributed by atoms with E-state index in [0.717, 1.165) is 13.0 Å². The summed E-state index contributed by atoms with van der Waals surface area (Å²) < 4.78 is 0. The Morgan fingerprint density at radius 3 is 2.83 bits per heavy atom. The number of aromatic amines is 1. The molecule has 0 aromatic carbocycles. The molecule has 12 heavy (non-hydrogen) atoms. The second-order valence-electron chi connectivity index (χ2n) is 3.33. The monoisotopic (exact) mass is 167 g/mol. The van der Waals surface area contributed by atoms with E-state index >= 15 is 0 Å². The predicted octanol–water partition coefficient (Wildman–Crippen LogP) is 1.26. The van der Waals surface area contributed by atoms with Gasteiger partial charge in [-0.25, -0.2) is 4.98 Å². The van der Waals surface area contributed by atoms with Gasteiger partial charge in [0.05, 0.1) is 12.0 Å². The van der Waals surface area contributed by atoms with E-state index in [1.165, 1.54) is 11.4 Å². The second kappa shape index (κ2) is 4.26. The van der Waals surface area contributed by atoms with Gasteiger partial charge in [0.1, 0.15) is 0 Å². The van der Waals surface area contributed by atoms with E-state index < -0.39 is 0 Å². The number of aryl methyl sites for hydroxylation is 1. The molecule has 0 saturated carbocycles. The molecule has 0 amide bonds. The van der Waals surface area contributed by atoms with Gasteiger partial charge in [-0.3, -0.25) is 0 Å². The van der Waals surface area contributed by atoms with E-state index in [1.54, 1.807) is 6.33 Å². The number of rotatable bonds is 4. The first-order chi connectivity index (χ1) is 5.70. The van der Waals surface area contributed by atoms with Gasteiger partial charge in [0, 0.05) is 24.7 Å². The molecular weight excluding hydrogens is 150 g/mol. The summed E-state index contributed by atoms with van der Waals surface area (Å²) in [5.74, 6) is 0. The fourth-order valence-corrected chi connectivity index (χ4v) is 1.12. The molecule has 1 aromatic rings. The molecular formula is C9H17N3. The van der Waals surface area contributed by atoms with Crippen LogP contribution >= 0.6 is 0 Å². The van der Waals surface area contributed by atoms with Crippen molar-refractivity contribution in [3.8, 4) is 0 Å². The Balaban J connectivity index is 2.29. The van der Waals surface area contributed by atoms with Gasteiger partial charge in [-0.1, -0.05) is 13.8 Å². The quantitative estimate of drug-likeness (QED) is 0.708. The number of H-pyrrole nitrogens is 1. The van der Waals surface area contributed by atoms with Crippen molar-refractivity contribution in [2.45, 2.75) is 33.2 Å². The average Bonchev–Trinajstić information content (AvgIpc) is 2.36. The van der Waals surface area contributed by atoms with Gasteiger partial charge in [0.15, 0.2) is 0 Å². The number of nitrogens with zero attached hydrogens (tertiary/aromatic N) is 1. The molecule has 3 nitrogen and oxygen atoms in total. The minimum atomic E-state index is 0.559. The van der Waals surface area contributed by atoms with E-state index in [4.69, 9.17) is 0 Å². The zero-order valence-electron chi connectivity index (χ0n) is 8.02. The molecule has 0 aliphatic rings. The predicted molar refractivity (Wildman–Crippen MR) is 50.2 cm³/mol. The van der Waals surface area contributed by atoms with Crippen LogP contribution in [0.5, 0.6) is 0 Å². The third kappa shape index (κ3) is 2.66. The summed E-state index contributed by atoms with van der Waals surface area (Å²) in [6.07, 6.45) is 2.76. The lowest BCUT2D eigenvalue weighted by atomic mass is 10.2. The third-order valence-electron chi connectivity index (χ3n) is 1.85. The van der Waals surface area contributed by atoms with Gasteiger partial charge in [0.25, 0.3) is 0 Å². The fourth-order valence-electron chi connectivity index (χ4n) is 1.12. The molecule has 1 aromatic heterocycles. The Morgan fingerprint density at radius 1 is 1.58 bits per heavy atom. The zero-order chi connectivity index (χ0) is 8.97. The molecule has 0 spiro atoms. The van der Waals surface area contributed by atoms with Gasteiger partial charge < -0.3 is 10.3 Å². The smallest absolute Gasteiger partial charge is 0.0925 e. The highest BCUT2D eigenvalue weighted by Crippen LogP contribution is 2.00. The van der Waals surface area contributed by atoms with Crippen molar-refractivity contribution >= 4 is 0 Å². The summed E-state index contributed by atoms with van der Waals surface area (Å²) in [5, 5.41) is 3.36. The molecule has 0 atom stereocenters. The molecule has 1 heterocycles. The topological polar surface area (TPSA) is 40.7 Å². The van der Waals surface area contributed by atoms with Crippen molar-refractivity contribution in [3.63, 3.8) is 0 Å². The number of hydrogen-bond acceptors (Lipinski definition) is 2. The Morgan fingerprint density at radius 2 is 2.33 bits per heavy atom. The Hall–Kier alpha value is -0.830. The molecule has 0 aliphatic heterocycles. The van der Waals surface area contributed by atoms with Gasteiger partial charge in [-0.15, -0.1) is 0 Å². The number of aromatic nitrogens is 2. The molecule has 0 aliphatic carbocycles. The largest absolute Gasteiger partial charge is 0.348 e. The summed E-state index contributed by atoms with van der Waals surface area (Å²) in [4.78, 5) is 7.28. The molecule has 0 unspecified atom stereocenters. The summed E-state index contributed by atoms with van der Waals surface area (Å²) in [7, 11) is 0. The molecule has 0 radical (unpaired) electrons. The summed E-state index contributed by atoms with van der Waals surface area (Å²) in [5.41, 5.74) is 2.35. The fraction of sp³-hybridized carbons (Fsp3) is 0.667. The molecule has 0 bridgehead atoms. The van der Waals surface area contributed by atoms with E-state index in [1.807, 2.05) is 0 Å². The van der Waals surface area contributed by atoms with Gasteiger partial charge >= 0.3 is 0 Å². The number of imidazole rings is 1. The van der Waals surface area contributed by atoms with Gasteiger partial charge in [0.2, 0.25) is 0 Å². The zero-order valence-corrected chi connectivity index (χ0v) is 8.02. The Bertz CT molecular complexity index is 227. The van der Waals surface area contributed by atoms with Crippen LogP contribution in [0.2, 0.25) is 0 Å². The van der Waals surface area contributed by atoms with Crippen molar-refractivity contribution < 1.29 is 0 Å². The first kappa shape index (κ1) is 9.26. The SMILES string of the molecule is Cc1[nH]cnc1CCNC(C)C. The highest BCUT2D eigenvalue weighted by molar-refractivity contribution is 5.08. The average molecular weight is 167 g/mol. The van der Waals surface area contributed by atoms with Crippen LogP contribution in [0, 0.1) is 6.92 Å². The normalized spacial score (nSPS) is 11.0.